The molecule has 0 amide bonds. The first-order valence-corrected chi connectivity index (χ1v) is 8.12. The predicted octanol–water partition coefficient (Wildman–Crippen LogP) is 3.63. The highest BCUT2D eigenvalue weighted by Crippen LogP contribution is 2.45. The van der Waals surface area contributed by atoms with Gasteiger partial charge in [-0.3, -0.25) is 0 Å². The van der Waals surface area contributed by atoms with Gasteiger partial charge in [0.1, 0.15) is 0 Å². The lowest BCUT2D eigenvalue weighted by atomic mass is 9.83. The summed E-state index contributed by atoms with van der Waals surface area (Å²) in [6.45, 7) is 2.34. The lowest BCUT2D eigenvalue weighted by Crippen LogP contribution is -2.32. The van der Waals surface area contributed by atoms with E-state index in [1.807, 2.05) is 0 Å². The number of hydrogen-bond acceptors (Lipinski definition) is 2. The van der Waals surface area contributed by atoms with Crippen LogP contribution in [0.25, 0.3) is 0 Å². The van der Waals surface area contributed by atoms with Gasteiger partial charge in [-0.05, 0) is 56.8 Å². The van der Waals surface area contributed by atoms with Gasteiger partial charge in [-0.15, -0.1) is 0 Å². The van der Waals surface area contributed by atoms with Crippen LogP contribution in [0.1, 0.15) is 71.1 Å². The fraction of sp³-hybridized carbons (Fsp3) is 1.00. The van der Waals surface area contributed by atoms with Gasteiger partial charge in [0.25, 0.3) is 0 Å². The highest BCUT2D eigenvalue weighted by Gasteiger charge is 2.42. The first kappa shape index (κ1) is 12.9. The summed E-state index contributed by atoms with van der Waals surface area (Å²) in [5.41, 5.74) is 6.44. The van der Waals surface area contributed by atoms with Crippen LogP contribution >= 0.6 is 0 Å². The minimum atomic E-state index is 0.298. The molecular weight excluding hydrogens is 222 g/mol. The van der Waals surface area contributed by atoms with E-state index in [0.717, 1.165) is 5.92 Å². The Balaban J connectivity index is 1.53. The van der Waals surface area contributed by atoms with Crippen LogP contribution in [0, 0.1) is 11.8 Å². The standard InChI is InChI=1S/C16H29NO/c1-12-13(5-6-15(12)17)11-14-7-10-16(18-14)8-3-2-4-9-16/h12-15H,2-11,17H2,1H3. The van der Waals surface area contributed by atoms with Gasteiger partial charge in [-0.2, -0.15) is 0 Å². The lowest BCUT2D eigenvalue weighted by molar-refractivity contribution is -0.0709. The van der Waals surface area contributed by atoms with Crippen molar-refractivity contribution in [2.24, 2.45) is 17.6 Å². The van der Waals surface area contributed by atoms with Gasteiger partial charge in [0, 0.05) is 6.04 Å². The van der Waals surface area contributed by atoms with E-state index in [1.165, 1.54) is 64.2 Å². The normalized spacial score (nSPS) is 43.7. The van der Waals surface area contributed by atoms with Crippen molar-refractivity contribution in [3.8, 4) is 0 Å². The summed E-state index contributed by atoms with van der Waals surface area (Å²) in [7, 11) is 0. The van der Waals surface area contributed by atoms with Crippen LogP contribution in [0.15, 0.2) is 0 Å². The Labute approximate surface area is 112 Å². The maximum absolute atomic E-state index is 6.49. The third kappa shape index (κ3) is 2.46. The van der Waals surface area contributed by atoms with Crippen molar-refractivity contribution < 1.29 is 4.74 Å². The molecular formula is C16H29NO. The molecule has 4 unspecified atom stereocenters. The summed E-state index contributed by atoms with van der Waals surface area (Å²) in [5.74, 6) is 1.53. The Morgan fingerprint density at radius 3 is 2.50 bits per heavy atom. The van der Waals surface area contributed by atoms with Gasteiger partial charge in [-0.25, -0.2) is 0 Å². The molecule has 18 heavy (non-hydrogen) atoms. The van der Waals surface area contributed by atoms with Crippen LogP contribution < -0.4 is 5.73 Å². The molecule has 2 N–H and O–H groups in total. The summed E-state index contributed by atoms with van der Waals surface area (Å²) in [4.78, 5) is 0. The maximum atomic E-state index is 6.49. The molecule has 1 heterocycles. The van der Waals surface area contributed by atoms with Crippen LogP contribution in [-0.2, 0) is 4.74 Å². The molecule has 1 saturated heterocycles. The van der Waals surface area contributed by atoms with Crippen LogP contribution in [0.4, 0.5) is 0 Å². The lowest BCUT2D eigenvalue weighted by Gasteiger charge is -2.34. The second-order valence-corrected chi connectivity index (χ2v) is 7.12. The molecule has 4 atom stereocenters. The summed E-state index contributed by atoms with van der Waals surface area (Å²) in [5, 5.41) is 0. The van der Waals surface area contributed by atoms with Gasteiger partial charge >= 0.3 is 0 Å². The second-order valence-electron chi connectivity index (χ2n) is 7.12. The average molecular weight is 251 g/mol. The van der Waals surface area contributed by atoms with Crippen molar-refractivity contribution in [1.29, 1.82) is 0 Å². The van der Waals surface area contributed by atoms with Gasteiger partial charge in [0.15, 0.2) is 0 Å². The number of rotatable bonds is 2. The molecule has 1 aliphatic heterocycles. The first-order chi connectivity index (χ1) is 8.69. The van der Waals surface area contributed by atoms with E-state index in [2.05, 4.69) is 6.92 Å². The van der Waals surface area contributed by atoms with Crippen molar-refractivity contribution in [3.05, 3.63) is 0 Å². The van der Waals surface area contributed by atoms with Crippen molar-refractivity contribution in [1.82, 2.24) is 0 Å². The highest BCUT2D eigenvalue weighted by molar-refractivity contribution is 4.93. The van der Waals surface area contributed by atoms with Crippen molar-refractivity contribution in [3.63, 3.8) is 0 Å². The monoisotopic (exact) mass is 251 g/mol. The van der Waals surface area contributed by atoms with Gasteiger partial charge in [0.2, 0.25) is 0 Å². The van der Waals surface area contributed by atoms with E-state index < -0.39 is 0 Å². The average Bonchev–Trinajstić information content (AvgIpc) is 2.90. The minimum absolute atomic E-state index is 0.298. The first-order valence-electron chi connectivity index (χ1n) is 8.12. The fourth-order valence-corrected chi connectivity index (χ4v) is 4.58. The Bertz CT molecular complexity index is 285. The van der Waals surface area contributed by atoms with Crippen LogP contribution in [-0.4, -0.2) is 17.7 Å². The number of nitrogens with two attached hydrogens (primary N) is 1. The molecule has 0 aromatic heterocycles. The molecule has 3 fully saturated rings. The smallest absolute Gasteiger partial charge is 0.0687 e. The molecule has 2 saturated carbocycles. The van der Waals surface area contributed by atoms with Gasteiger partial charge in [0.05, 0.1) is 11.7 Å². The van der Waals surface area contributed by atoms with Crippen LogP contribution in [0.3, 0.4) is 0 Å². The Hall–Kier alpha value is -0.0800. The SMILES string of the molecule is CC1C(N)CCC1CC1CCC2(CCCCC2)O1. The minimum Gasteiger partial charge on any atom is -0.372 e. The van der Waals surface area contributed by atoms with E-state index in [0.29, 0.717) is 23.7 Å². The Morgan fingerprint density at radius 1 is 1.06 bits per heavy atom. The zero-order valence-corrected chi connectivity index (χ0v) is 11.9. The van der Waals surface area contributed by atoms with Gasteiger partial charge in [-0.1, -0.05) is 26.2 Å². The van der Waals surface area contributed by atoms with E-state index in [-0.39, 0.29) is 0 Å². The molecule has 3 rings (SSSR count). The quantitative estimate of drug-likeness (QED) is 0.813. The van der Waals surface area contributed by atoms with E-state index in [9.17, 15) is 0 Å². The van der Waals surface area contributed by atoms with Crippen LogP contribution in [0.2, 0.25) is 0 Å². The van der Waals surface area contributed by atoms with Crippen molar-refractivity contribution >= 4 is 0 Å². The molecule has 2 nitrogen and oxygen atoms in total. The van der Waals surface area contributed by atoms with E-state index >= 15 is 0 Å². The summed E-state index contributed by atoms with van der Waals surface area (Å²) in [6, 6.07) is 0.444. The molecule has 3 aliphatic rings. The van der Waals surface area contributed by atoms with Gasteiger partial charge < -0.3 is 10.5 Å². The maximum Gasteiger partial charge on any atom is 0.0687 e. The van der Waals surface area contributed by atoms with E-state index in [1.54, 1.807) is 0 Å². The number of ether oxygens (including phenoxy) is 1. The van der Waals surface area contributed by atoms with Crippen LogP contribution in [0.5, 0.6) is 0 Å². The summed E-state index contributed by atoms with van der Waals surface area (Å²) >= 11 is 0. The molecule has 0 radical (unpaired) electrons. The topological polar surface area (TPSA) is 35.2 Å². The van der Waals surface area contributed by atoms with Crippen molar-refractivity contribution in [2.45, 2.75) is 88.9 Å². The fourth-order valence-electron chi connectivity index (χ4n) is 4.58. The molecule has 104 valence electrons. The molecule has 1 spiro atoms. The zero-order chi connectivity index (χ0) is 12.6. The third-order valence-corrected chi connectivity index (χ3v) is 5.96. The Kier molecular flexibility index (Phi) is 3.68. The largest absolute Gasteiger partial charge is 0.372 e. The third-order valence-electron chi connectivity index (χ3n) is 5.96. The van der Waals surface area contributed by atoms with Crippen molar-refractivity contribution in [2.75, 3.05) is 0 Å². The molecule has 0 bridgehead atoms. The predicted molar refractivity (Wildman–Crippen MR) is 74.4 cm³/mol. The zero-order valence-electron chi connectivity index (χ0n) is 11.9. The summed E-state index contributed by atoms with van der Waals surface area (Å²) in [6.07, 6.45) is 13.8. The highest BCUT2D eigenvalue weighted by atomic mass is 16.5. The summed E-state index contributed by atoms with van der Waals surface area (Å²) < 4.78 is 6.49. The number of hydrogen-bond donors (Lipinski definition) is 1. The molecule has 0 aromatic rings. The molecule has 2 aliphatic carbocycles. The Morgan fingerprint density at radius 2 is 1.83 bits per heavy atom. The molecule has 0 aromatic carbocycles. The van der Waals surface area contributed by atoms with E-state index in [4.69, 9.17) is 10.5 Å². The second kappa shape index (κ2) is 5.13. The molecule has 2 heteroatoms.